The minimum Gasteiger partial charge on any atom is -0.313 e. The Bertz CT molecular complexity index is 381. The lowest BCUT2D eigenvalue weighted by atomic mass is 9.86. The lowest BCUT2D eigenvalue weighted by Crippen LogP contribution is -2.27. The van der Waals surface area contributed by atoms with Crippen LogP contribution in [0.1, 0.15) is 49.3 Å². The summed E-state index contributed by atoms with van der Waals surface area (Å²) in [6, 6.07) is 7.67. The van der Waals surface area contributed by atoms with Crippen LogP contribution in [0.25, 0.3) is 0 Å². The first-order valence-electron chi connectivity index (χ1n) is 6.88. The minimum atomic E-state index is 0.678. The summed E-state index contributed by atoms with van der Waals surface area (Å²) in [4.78, 5) is 0. The van der Waals surface area contributed by atoms with E-state index in [1.54, 1.807) is 0 Å². The van der Waals surface area contributed by atoms with E-state index in [1.807, 2.05) is 0 Å². The predicted molar refractivity (Wildman–Crippen MR) is 74.5 cm³/mol. The molecule has 2 rings (SSSR count). The third kappa shape index (κ3) is 2.90. The van der Waals surface area contributed by atoms with Crippen molar-refractivity contribution in [2.75, 3.05) is 6.54 Å². The molecule has 1 aromatic carbocycles. The lowest BCUT2D eigenvalue weighted by molar-refractivity contribution is 0.434. The maximum absolute atomic E-state index is 3.67. The molecular weight excluding hydrogens is 206 g/mol. The lowest BCUT2D eigenvalue weighted by Gasteiger charge is -2.22. The molecule has 0 bridgehead atoms. The van der Waals surface area contributed by atoms with Crippen LogP contribution < -0.4 is 5.32 Å². The van der Waals surface area contributed by atoms with E-state index < -0.39 is 0 Å². The number of hydrogen-bond donors (Lipinski definition) is 1. The summed E-state index contributed by atoms with van der Waals surface area (Å²) in [5, 5.41) is 3.67. The van der Waals surface area contributed by atoms with Crippen molar-refractivity contribution < 1.29 is 0 Å². The Morgan fingerprint density at radius 1 is 1.24 bits per heavy atom. The van der Waals surface area contributed by atoms with Crippen molar-refractivity contribution in [3.8, 4) is 0 Å². The van der Waals surface area contributed by atoms with Crippen molar-refractivity contribution in [1.29, 1.82) is 0 Å². The average molecular weight is 231 g/mol. The van der Waals surface area contributed by atoms with Gasteiger partial charge in [-0.25, -0.2) is 0 Å². The molecule has 0 aliphatic carbocycles. The topological polar surface area (TPSA) is 12.0 Å². The first-order chi connectivity index (χ1) is 8.08. The fraction of sp³-hybridized carbons (Fsp3) is 0.625. The van der Waals surface area contributed by atoms with E-state index in [-0.39, 0.29) is 0 Å². The van der Waals surface area contributed by atoms with Crippen LogP contribution in [0.4, 0.5) is 0 Å². The Morgan fingerprint density at radius 3 is 2.65 bits per heavy atom. The molecule has 0 aromatic heterocycles. The predicted octanol–water partition coefficient (Wildman–Crippen LogP) is 3.80. The Morgan fingerprint density at radius 2 is 2.00 bits per heavy atom. The molecule has 1 heteroatoms. The highest BCUT2D eigenvalue weighted by atomic mass is 14.9. The summed E-state index contributed by atoms with van der Waals surface area (Å²) in [6.07, 6.45) is 2.58. The highest BCUT2D eigenvalue weighted by Crippen LogP contribution is 2.31. The molecule has 94 valence electrons. The van der Waals surface area contributed by atoms with Gasteiger partial charge in [-0.1, -0.05) is 32.0 Å². The molecule has 1 aliphatic heterocycles. The number of hydrogen-bond acceptors (Lipinski definition) is 1. The second kappa shape index (κ2) is 5.22. The fourth-order valence-electron chi connectivity index (χ4n) is 2.92. The fourth-order valence-corrected chi connectivity index (χ4v) is 2.92. The molecule has 0 spiro atoms. The molecule has 17 heavy (non-hydrogen) atoms. The summed E-state index contributed by atoms with van der Waals surface area (Å²) in [7, 11) is 0. The van der Waals surface area contributed by atoms with Crippen molar-refractivity contribution in [2.45, 2.75) is 52.5 Å². The summed E-state index contributed by atoms with van der Waals surface area (Å²) in [6.45, 7) is 10.2. The van der Waals surface area contributed by atoms with Gasteiger partial charge in [-0.05, 0) is 55.8 Å². The molecule has 1 heterocycles. The summed E-state index contributed by atoms with van der Waals surface area (Å²) >= 11 is 0. The number of aryl methyl sites for hydroxylation is 2. The SMILES string of the molecule is Cc1ccc(C2CCNC2CC(C)C)cc1C. The van der Waals surface area contributed by atoms with E-state index >= 15 is 0 Å². The van der Waals surface area contributed by atoms with E-state index in [1.165, 1.54) is 36.1 Å². The maximum Gasteiger partial charge on any atom is 0.0139 e. The Balaban J connectivity index is 2.17. The molecule has 0 saturated carbocycles. The molecule has 1 aromatic rings. The number of nitrogens with one attached hydrogen (secondary N) is 1. The van der Waals surface area contributed by atoms with Gasteiger partial charge in [0.2, 0.25) is 0 Å². The molecule has 2 unspecified atom stereocenters. The van der Waals surface area contributed by atoms with Crippen LogP contribution in [0.15, 0.2) is 18.2 Å². The van der Waals surface area contributed by atoms with Crippen molar-refractivity contribution in [3.05, 3.63) is 34.9 Å². The standard InChI is InChI=1S/C16H25N/c1-11(2)9-16-15(7-8-17-16)14-6-5-12(3)13(4)10-14/h5-6,10-11,15-17H,7-9H2,1-4H3. The summed E-state index contributed by atoms with van der Waals surface area (Å²) in [5.41, 5.74) is 4.36. The third-order valence-corrected chi connectivity index (χ3v) is 4.03. The molecule has 2 atom stereocenters. The van der Waals surface area contributed by atoms with E-state index in [4.69, 9.17) is 0 Å². The summed E-state index contributed by atoms with van der Waals surface area (Å²) in [5.74, 6) is 1.50. The second-order valence-electron chi connectivity index (χ2n) is 5.93. The van der Waals surface area contributed by atoms with Gasteiger partial charge in [0, 0.05) is 12.0 Å². The zero-order chi connectivity index (χ0) is 12.4. The molecule has 1 fully saturated rings. The maximum atomic E-state index is 3.67. The second-order valence-corrected chi connectivity index (χ2v) is 5.93. The van der Waals surface area contributed by atoms with E-state index in [0.717, 1.165) is 11.8 Å². The smallest absolute Gasteiger partial charge is 0.0139 e. The van der Waals surface area contributed by atoms with Gasteiger partial charge in [-0.3, -0.25) is 0 Å². The third-order valence-electron chi connectivity index (χ3n) is 4.03. The van der Waals surface area contributed by atoms with Crippen LogP contribution in [0.3, 0.4) is 0 Å². The van der Waals surface area contributed by atoms with Crippen molar-refractivity contribution >= 4 is 0 Å². The first-order valence-corrected chi connectivity index (χ1v) is 6.88. The van der Waals surface area contributed by atoms with Gasteiger partial charge in [0.05, 0.1) is 0 Å². The van der Waals surface area contributed by atoms with Crippen molar-refractivity contribution in [2.24, 2.45) is 5.92 Å². The zero-order valence-corrected chi connectivity index (χ0v) is 11.6. The number of rotatable bonds is 3. The molecule has 1 N–H and O–H groups in total. The van der Waals surface area contributed by atoms with E-state index in [2.05, 4.69) is 51.2 Å². The first kappa shape index (κ1) is 12.6. The van der Waals surface area contributed by atoms with Gasteiger partial charge < -0.3 is 5.32 Å². The van der Waals surface area contributed by atoms with Crippen LogP contribution in [-0.2, 0) is 0 Å². The Hall–Kier alpha value is -0.820. The van der Waals surface area contributed by atoms with Crippen LogP contribution >= 0.6 is 0 Å². The molecule has 1 saturated heterocycles. The molecule has 0 amide bonds. The number of benzene rings is 1. The Kier molecular flexibility index (Phi) is 3.88. The quantitative estimate of drug-likeness (QED) is 0.834. The van der Waals surface area contributed by atoms with Gasteiger partial charge >= 0.3 is 0 Å². The highest BCUT2D eigenvalue weighted by Gasteiger charge is 2.28. The van der Waals surface area contributed by atoms with Crippen LogP contribution in [-0.4, -0.2) is 12.6 Å². The van der Waals surface area contributed by atoms with Gasteiger partial charge in [-0.2, -0.15) is 0 Å². The minimum absolute atomic E-state index is 0.678. The largest absolute Gasteiger partial charge is 0.313 e. The molecule has 1 nitrogen and oxygen atoms in total. The molecular formula is C16H25N. The molecule has 0 radical (unpaired) electrons. The van der Waals surface area contributed by atoms with Crippen molar-refractivity contribution in [3.63, 3.8) is 0 Å². The normalized spacial score (nSPS) is 24.5. The Labute approximate surface area is 106 Å². The summed E-state index contributed by atoms with van der Waals surface area (Å²) < 4.78 is 0. The molecule has 1 aliphatic rings. The van der Waals surface area contributed by atoms with Gasteiger partial charge in [0.25, 0.3) is 0 Å². The average Bonchev–Trinajstić information content (AvgIpc) is 2.69. The van der Waals surface area contributed by atoms with Crippen molar-refractivity contribution in [1.82, 2.24) is 5.32 Å². The zero-order valence-electron chi connectivity index (χ0n) is 11.6. The van der Waals surface area contributed by atoms with Crippen LogP contribution in [0.5, 0.6) is 0 Å². The van der Waals surface area contributed by atoms with Crippen LogP contribution in [0.2, 0.25) is 0 Å². The highest BCUT2D eigenvalue weighted by molar-refractivity contribution is 5.33. The van der Waals surface area contributed by atoms with E-state index in [0.29, 0.717) is 6.04 Å². The van der Waals surface area contributed by atoms with Crippen LogP contribution in [0, 0.1) is 19.8 Å². The van der Waals surface area contributed by atoms with Gasteiger partial charge in [-0.15, -0.1) is 0 Å². The van der Waals surface area contributed by atoms with Gasteiger partial charge in [0.15, 0.2) is 0 Å². The monoisotopic (exact) mass is 231 g/mol. The van der Waals surface area contributed by atoms with E-state index in [9.17, 15) is 0 Å². The van der Waals surface area contributed by atoms with Gasteiger partial charge in [0.1, 0.15) is 0 Å².